The van der Waals surface area contributed by atoms with Crippen LogP contribution in [-0.2, 0) is 9.59 Å². The molecule has 0 unspecified atom stereocenters. The van der Waals surface area contributed by atoms with Gasteiger partial charge in [0.25, 0.3) is 0 Å². The Morgan fingerprint density at radius 2 is 1.84 bits per heavy atom. The number of amides is 2. The molecule has 0 saturated heterocycles. The van der Waals surface area contributed by atoms with Gasteiger partial charge in [-0.2, -0.15) is 0 Å². The third-order valence-corrected chi connectivity index (χ3v) is 6.77. The van der Waals surface area contributed by atoms with E-state index in [4.69, 9.17) is 0 Å². The number of carbonyl (C=O) groups is 2. The average molecular weight is 361 g/mol. The molecule has 2 saturated carbocycles. The van der Waals surface area contributed by atoms with Crippen LogP contribution in [0.5, 0.6) is 0 Å². The molecule has 1 aromatic carbocycles. The molecule has 2 N–H and O–H groups in total. The maximum absolute atomic E-state index is 12.5. The van der Waals surface area contributed by atoms with Gasteiger partial charge in [-0.15, -0.1) is 11.8 Å². The van der Waals surface area contributed by atoms with Crippen LogP contribution < -0.4 is 10.6 Å². The molecule has 5 heteroatoms. The second-order valence-corrected chi connectivity index (χ2v) is 9.02. The van der Waals surface area contributed by atoms with Crippen LogP contribution in [-0.4, -0.2) is 23.1 Å². The zero-order valence-corrected chi connectivity index (χ0v) is 16.1. The van der Waals surface area contributed by atoms with Crippen molar-refractivity contribution >= 4 is 29.3 Å². The average Bonchev–Trinajstić information content (AvgIpc) is 3.19. The van der Waals surface area contributed by atoms with Gasteiger partial charge in [-0.05, 0) is 75.1 Å². The molecule has 2 aliphatic carbocycles. The number of thioether (sulfide) groups is 1. The molecule has 3 rings (SSSR count). The molecule has 5 atom stereocenters. The third kappa shape index (κ3) is 4.57. The van der Waals surface area contributed by atoms with Crippen LogP contribution in [0, 0.1) is 17.8 Å². The van der Waals surface area contributed by atoms with Gasteiger partial charge in [0.2, 0.25) is 11.8 Å². The molecule has 0 heterocycles. The maximum atomic E-state index is 12.5. The smallest absolute Gasteiger partial charge is 0.233 e. The Kier molecular flexibility index (Phi) is 5.72. The fraction of sp³-hybridized carbons (Fsp3) is 0.600. The van der Waals surface area contributed by atoms with Crippen LogP contribution in [0.4, 0.5) is 5.69 Å². The van der Waals surface area contributed by atoms with E-state index in [2.05, 4.69) is 17.6 Å². The minimum atomic E-state index is -0.132. The van der Waals surface area contributed by atoms with Crippen molar-refractivity contribution in [3.8, 4) is 0 Å². The van der Waals surface area contributed by atoms with Crippen LogP contribution >= 0.6 is 11.8 Å². The van der Waals surface area contributed by atoms with E-state index < -0.39 is 0 Å². The SMILES string of the molecule is CC(=O)Nc1ccc(S[C@H](C)C(=O)N[C@@H](C)[C@@H]2C[C@H]3CC[C@H]2C3)cc1. The van der Waals surface area contributed by atoms with E-state index in [-0.39, 0.29) is 23.1 Å². The Morgan fingerprint density at radius 1 is 1.12 bits per heavy atom. The van der Waals surface area contributed by atoms with Crippen LogP contribution in [0.25, 0.3) is 0 Å². The third-order valence-electron chi connectivity index (χ3n) is 5.66. The first kappa shape index (κ1) is 18.3. The van der Waals surface area contributed by atoms with Crippen molar-refractivity contribution in [2.24, 2.45) is 17.8 Å². The summed E-state index contributed by atoms with van der Waals surface area (Å²) in [5, 5.41) is 5.87. The van der Waals surface area contributed by atoms with Crippen LogP contribution in [0.15, 0.2) is 29.2 Å². The summed E-state index contributed by atoms with van der Waals surface area (Å²) in [6.07, 6.45) is 5.40. The van der Waals surface area contributed by atoms with E-state index in [0.29, 0.717) is 5.92 Å². The molecule has 2 fully saturated rings. The molecule has 4 nitrogen and oxygen atoms in total. The van der Waals surface area contributed by atoms with E-state index in [1.807, 2.05) is 31.2 Å². The van der Waals surface area contributed by atoms with Crippen molar-refractivity contribution in [3.05, 3.63) is 24.3 Å². The Hall–Kier alpha value is -1.49. The number of anilines is 1. The first-order valence-corrected chi connectivity index (χ1v) is 10.1. The number of nitrogens with one attached hydrogen (secondary N) is 2. The Morgan fingerprint density at radius 3 is 2.40 bits per heavy atom. The van der Waals surface area contributed by atoms with Gasteiger partial charge in [0, 0.05) is 23.5 Å². The quantitative estimate of drug-likeness (QED) is 0.752. The van der Waals surface area contributed by atoms with Crippen LogP contribution in [0.1, 0.15) is 46.5 Å². The summed E-state index contributed by atoms with van der Waals surface area (Å²) in [5.41, 5.74) is 0.777. The van der Waals surface area contributed by atoms with Crippen molar-refractivity contribution in [2.75, 3.05) is 5.32 Å². The van der Waals surface area contributed by atoms with Crippen molar-refractivity contribution in [1.29, 1.82) is 0 Å². The number of fused-ring (bicyclic) bond motifs is 2. The van der Waals surface area contributed by atoms with Gasteiger partial charge in [-0.25, -0.2) is 0 Å². The highest BCUT2D eigenvalue weighted by atomic mass is 32.2. The molecular weight excluding hydrogens is 332 g/mol. The molecule has 2 amide bonds. The molecule has 0 aliphatic heterocycles. The number of rotatable bonds is 6. The fourth-order valence-corrected chi connectivity index (χ4v) is 5.31. The molecular formula is C20H28N2O2S. The lowest BCUT2D eigenvalue weighted by Crippen LogP contribution is -2.43. The van der Waals surface area contributed by atoms with Crippen molar-refractivity contribution in [3.63, 3.8) is 0 Å². The first-order valence-electron chi connectivity index (χ1n) is 9.27. The lowest BCUT2D eigenvalue weighted by atomic mass is 9.84. The van der Waals surface area contributed by atoms with Gasteiger partial charge in [0.05, 0.1) is 5.25 Å². The number of hydrogen-bond donors (Lipinski definition) is 2. The van der Waals surface area contributed by atoms with Crippen LogP contribution in [0.3, 0.4) is 0 Å². The zero-order valence-electron chi connectivity index (χ0n) is 15.2. The Labute approximate surface area is 154 Å². The molecule has 2 bridgehead atoms. The minimum Gasteiger partial charge on any atom is -0.352 e. The number of carbonyl (C=O) groups excluding carboxylic acids is 2. The van der Waals surface area contributed by atoms with Gasteiger partial charge in [0.15, 0.2) is 0 Å². The van der Waals surface area contributed by atoms with Gasteiger partial charge >= 0.3 is 0 Å². The summed E-state index contributed by atoms with van der Waals surface area (Å²) < 4.78 is 0. The summed E-state index contributed by atoms with van der Waals surface area (Å²) in [5.74, 6) is 2.43. The fourth-order valence-electron chi connectivity index (χ4n) is 4.43. The summed E-state index contributed by atoms with van der Waals surface area (Å²) in [7, 11) is 0. The lowest BCUT2D eigenvalue weighted by Gasteiger charge is -2.29. The highest BCUT2D eigenvalue weighted by Crippen LogP contribution is 2.49. The zero-order chi connectivity index (χ0) is 18.0. The van der Waals surface area contributed by atoms with E-state index in [9.17, 15) is 9.59 Å². The Bertz CT molecular complexity index is 631. The van der Waals surface area contributed by atoms with Gasteiger partial charge in [-0.3, -0.25) is 9.59 Å². The second kappa shape index (κ2) is 7.81. The van der Waals surface area contributed by atoms with E-state index in [1.54, 1.807) is 11.8 Å². The van der Waals surface area contributed by atoms with E-state index in [1.165, 1.54) is 32.6 Å². The topological polar surface area (TPSA) is 58.2 Å². The van der Waals surface area contributed by atoms with E-state index in [0.717, 1.165) is 22.4 Å². The highest BCUT2D eigenvalue weighted by molar-refractivity contribution is 8.00. The van der Waals surface area contributed by atoms with Crippen LogP contribution in [0.2, 0.25) is 0 Å². The first-order chi connectivity index (χ1) is 11.9. The second-order valence-electron chi connectivity index (χ2n) is 7.60. The van der Waals surface area contributed by atoms with Gasteiger partial charge in [0.1, 0.15) is 0 Å². The van der Waals surface area contributed by atoms with Gasteiger partial charge < -0.3 is 10.6 Å². The normalized spacial score (nSPS) is 26.9. The molecule has 136 valence electrons. The summed E-state index contributed by atoms with van der Waals surface area (Å²) >= 11 is 1.55. The predicted octanol–water partition coefficient (Wildman–Crippen LogP) is 4.07. The van der Waals surface area contributed by atoms with Crippen molar-refractivity contribution in [1.82, 2.24) is 5.32 Å². The highest BCUT2D eigenvalue weighted by Gasteiger charge is 2.42. The molecule has 0 spiro atoms. The largest absolute Gasteiger partial charge is 0.352 e. The summed E-state index contributed by atoms with van der Waals surface area (Å²) in [6, 6.07) is 7.89. The Balaban J connectivity index is 1.49. The minimum absolute atomic E-state index is 0.0808. The standard InChI is InChI=1S/C20H28N2O2S/c1-12(19-11-15-4-5-16(19)10-15)21-20(24)13(2)25-18-8-6-17(7-9-18)22-14(3)23/h6-9,12-13,15-16,19H,4-5,10-11H2,1-3H3,(H,21,24)(H,22,23)/t12-,13+,15-,16-,19-/m0/s1. The van der Waals surface area contributed by atoms with Crippen molar-refractivity contribution in [2.45, 2.75) is 62.6 Å². The monoisotopic (exact) mass is 360 g/mol. The summed E-state index contributed by atoms with van der Waals surface area (Å²) in [6.45, 7) is 5.62. The molecule has 25 heavy (non-hydrogen) atoms. The number of hydrogen-bond acceptors (Lipinski definition) is 3. The summed E-state index contributed by atoms with van der Waals surface area (Å²) in [4.78, 5) is 24.6. The maximum Gasteiger partial charge on any atom is 0.233 e. The molecule has 2 aliphatic rings. The molecule has 1 aromatic rings. The predicted molar refractivity (Wildman–Crippen MR) is 103 cm³/mol. The lowest BCUT2D eigenvalue weighted by molar-refractivity contribution is -0.121. The molecule has 0 aromatic heterocycles. The van der Waals surface area contributed by atoms with E-state index >= 15 is 0 Å². The number of benzene rings is 1. The van der Waals surface area contributed by atoms with Gasteiger partial charge in [-0.1, -0.05) is 6.42 Å². The molecule has 0 radical (unpaired) electrons. The van der Waals surface area contributed by atoms with Crippen molar-refractivity contribution < 1.29 is 9.59 Å².